The number of nitrogens with one attached hydrogen (secondary N) is 1. The summed E-state index contributed by atoms with van der Waals surface area (Å²) in [5.41, 5.74) is 8.68. The maximum atomic E-state index is 13.3. The van der Waals surface area contributed by atoms with Crippen molar-refractivity contribution in [2.45, 2.75) is 6.54 Å². The number of nitrogens with two attached hydrogens (primary N) is 1. The van der Waals surface area contributed by atoms with Crippen molar-refractivity contribution in [1.29, 1.82) is 0 Å². The smallest absolute Gasteiger partial charge is 0.244 e. The number of carbonyl (C=O) groups excluding carboxylic acids is 1. The zero-order valence-electron chi connectivity index (χ0n) is 15.7. The Morgan fingerprint density at radius 1 is 1.17 bits per heavy atom. The Morgan fingerprint density at radius 3 is 2.70 bits per heavy atom. The minimum atomic E-state index is -0.296. The van der Waals surface area contributed by atoms with Gasteiger partial charge in [-0.2, -0.15) is 0 Å². The molecule has 0 aliphatic heterocycles. The van der Waals surface area contributed by atoms with Gasteiger partial charge in [0.05, 0.1) is 6.54 Å². The molecule has 4 rings (SSSR count). The molecule has 0 spiro atoms. The molecule has 0 saturated heterocycles. The van der Waals surface area contributed by atoms with Gasteiger partial charge in [-0.05, 0) is 59.7 Å². The maximum absolute atomic E-state index is 13.3. The van der Waals surface area contributed by atoms with Crippen molar-refractivity contribution in [2.24, 2.45) is 0 Å². The first-order valence-electron chi connectivity index (χ1n) is 9.13. The van der Waals surface area contributed by atoms with Gasteiger partial charge in [0.15, 0.2) is 0 Å². The van der Waals surface area contributed by atoms with Gasteiger partial charge in [-0.1, -0.05) is 28.1 Å². The standard InChI is InChI=1S/C23H17BrFN3O2/c24-17-9-16-10-19(13-28-22(29)8-2-14-1-7-21(26)27-12-14)30-23(16)20(11-17)15-3-5-18(25)6-4-15/h1-12H,13H2,(H2,26,27)(H,28,29)/b8-2+. The molecule has 7 heteroatoms. The van der Waals surface area contributed by atoms with E-state index in [9.17, 15) is 9.18 Å². The number of halogens is 2. The number of hydrogen-bond acceptors (Lipinski definition) is 4. The molecule has 0 aliphatic carbocycles. The number of anilines is 1. The third-order valence-electron chi connectivity index (χ3n) is 4.46. The van der Waals surface area contributed by atoms with Crippen molar-refractivity contribution in [3.63, 3.8) is 0 Å². The Bertz CT molecular complexity index is 1230. The lowest BCUT2D eigenvalue weighted by Crippen LogP contribution is -2.19. The molecule has 0 bridgehead atoms. The molecule has 3 N–H and O–H groups in total. The van der Waals surface area contributed by atoms with Crippen LogP contribution in [0.1, 0.15) is 11.3 Å². The largest absolute Gasteiger partial charge is 0.459 e. The summed E-state index contributed by atoms with van der Waals surface area (Å²) in [5.74, 6) is 0.485. The summed E-state index contributed by atoms with van der Waals surface area (Å²) < 4.78 is 20.1. The lowest BCUT2D eigenvalue weighted by Gasteiger charge is -2.04. The third-order valence-corrected chi connectivity index (χ3v) is 4.92. The van der Waals surface area contributed by atoms with Gasteiger partial charge in [0, 0.05) is 27.7 Å². The van der Waals surface area contributed by atoms with E-state index in [1.165, 1.54) is 18.2 Å². The van der Waals surface area contributed by atoms with Crippen molar-refractivity contribution < 1.29 is 13.6 Å². The number of pyridine rings is 1. The molecule has 0 fully saturated rings. The van der Waals surface area contributed by atoms with E-state index in [4.69, 9.17) is 10.2 Å². The molecule has 2 aromatic heterocycles. The zero-order valence-corrected chi connectivity index (χ0v) is 17.3. The fourth-order valence-corrected chi connectivity index (χ4v) is 3.50. The van der Waals surface area contributed by atoms with Gasteiger partial charge < -0.3 is 15.5 Å². The van der Waals surface area contributed by atoms with Crippen LogP contribution in [0.25, 0.3) is 28.2 Å². The van der Waals surface area contributed by atoms with Crippen LogP contribution < -0.4 is 11.1 Å². The average Bonchev–Trinajstić information content (AvgIpc) is 3.14. The average molecular weight is 466 g/mol. The highest BCUT2D eigenvalue weighted by atomic mass is 79.9. The van der Waals surface area contributed by atoms with E-state index < -0.39 is 0 Å². The summed E-state index contributed by atoms with van der Waals surface area (Å²) in [6.45, 7) is 0.234. The Kier molecular flexibility index (Phi) is 5.63. The van der Waals surface area contributed by atoms with Gasteiger partial charge in [-0.25, -0.2) is 9.37 Å². The number of carbonyl (C=O) groups is 1. The predicted molar refractivity (Wildman–Crippen MR) is 119 cm³/mol. The van der Waals surface area contributed by atoms with Crippen molar-refractivity contribution in [2.75, 3.05) is 5.73 Å². The van der Waals surface area contributed by atoms with Gasteiger partial charge in [0.25, 0.3) is 0 Å². The van der Waals surface area contributed by atoms with E-state index in [2.05, 4.69) is 26.2 Å². The molecular weight excluding hydrogens is 449 g/mol. The highest BCUT2D eigenvalue weighted by Gasteiger charge is 2.12. The van der Waals surface area contributed by atoms with Gasteiger partial charge in [0.2, 0.25) is 5.91 Å². The van der Waals surface area contributed by atoms with E-state index in [1.54, 1.807) is 36.5 Å². The SMILES string of the molecule is Nc1ccc(/C=C/C(=O)NCc2cc3cc(Br)cc(-c4ccc(F)cc4)c3o2)cn1. The van der Waals surface area contributed by atoms with Gasteiger partial charge in [0.1, 0.15) is 23.0 Å². The number of hydrogen-bond donors (Lipinski definition) is 2. The summed E-state index contributed by atoms with van der Waals surface area (Å²) in [7, 11) is 0. The monoisotopic (exact) mass is 465 g/mol. The molecule has 1 amide bonds. The van der Waals surface area contributed by atoms with Crippen molar-refractivity contribution in [1.82, 2.24) is 10.3 Å². The molecule has 0 aliphatic rings. The summed E-state index contributed by atoms with van der Waals surface area (Å²) in [6.07, 6.45) is 4.67. The Hall–Kier alpha value is -3.45. The number of furan rings is 1. The van der Waals surface area contributed by atoms with Gasteiger partial charge in [-0.3, -0.25) is 4.79 Å². The van der Waals surface area contributed by atoms with E-state index in [0.29, 0.717) is 17.2 Å². The molecular formula is C23H17BrFN3O2. The molecule has 0 atom stereocenters. The van der Waals surface area contributed by atoms with Crippen LogP contribution in [-0.4, -0.2) is 10.9 Å². The van der Waals surface area contributed by atoms with Gasteiger partial charge in [-0.15, -0.1) is 0 Å². The van der Waals surface area contributed by atoms with Crippen LogP contribution in [-0.2, 0) is 11.3 Å². The molecule has 30 heavy (non-hydrogen) atoms. The summed E-state index contributed by atoms with van der Waals surface area (Å²) in [5, 5.41) is 3.68. The van der Waals surface area contributed by atoms with Crippen LogP contribution in [0.5, 0.6) is 0 Å². The molecule has 2 aromatic carbocycles. The molecule has 0 unspecified atom stereocenters. The van der Waals surface area contributed by atoms with Crippen molar-refractivity contribution in [3.05, 3.63) is 88.5 Å². The Morgan fingerprint density at radius 2 is 1.97 bits per heavy atom. The van der Waals surface area contributed by atoms with E-state index >= 15 is 0 Å². The quantitative estimate of drug-likeness (QED) is 0.391. The molecule has 0 radical (unpaired) electrons. The van der Waals surface area contributed by atoms with Crippen LogP contribution in [0.3, 0.4) is 0 Å². The Balaban J connectivity index is 1.51. The van der Waals surface area contributed by atoms with Crippen LogP contribution >= 0.6 is 15.9 Å². The number of benzene rings is 2. The fraction of sp³-hybridized carbons (Fsp3) is 0.0435. The van der Waals surface area contributed by atoms with Crippen LogP contribution in [0.4, 0.5) is 10.2 Å². The lowest BCUT2D eigenvalue weighted by atomic mass is 10.0. The normalized spacial score (nSPS) is 11.3. The lowest BCUT2D eigenvalue weighted by molar-refractivity contribution is -0.116. The number of fused-ring (bicyclic) bond motifs is 1. The number of aromatic nitrogens is 1. The second kappa shape index (κ2) is 8.51. The number of nitrogen functional groups attached to an aromatic ring is 1. The highest BCUT2D eigenvalue weighted by molar-refractivity contribution is 9.10. The first-order valence-corrected chi connectivity index (χ1v) is 9.92. The molecule has 150 valence electrons. The first kappa shape index (κ1) is 19.8. The number of amides is 1. The predicted octanol–water partition coefficient (Wildman–Crippen LogP) is 5.31. The maximum Gasteiger partial charge on any atom is 0.244 e. The second-order valence-corrected chi connectivity index (χ2v) is 7.57. The first-order chi connectivity index (χ1) is 14.5. The second-order valence-electron chi connectivity index (χ2n) is 6.66. The van der Waals surface area contributed by atoms with E-state index in [0.717, 1.165) is 26.5 Å². The zero-order chi connectivity index (χ0) is 21.1. The topological polar surface area (TPSA) is 81.2 Å². The fourth-order valence-electron chi connectivity index (χ4n) is 3.02. The number of rotatable bonds is 5. The number of nitrogens with zero attached hydrogens (tertiary/aromatic N) is 1. The Labute approximate surface area is 180 Å². The van der Waals surface area contributed by atoms with Crippen molar-refractivity contribution in [3.8, 4) is 11.1 Å². The van der Waals surface area contributed by atoms with Crippen molar-refractivity contribution >= 4 is 44.7 Å². The van der Waals surface area contributed by atoms with Crippen LogP contribution in [0.15, 0.2) is 75.8 Å². The molecule has 4 aromatic rings. The van der Waals surface area contributed by atoms with E-state index in [-0.39, 0.29) is 18.3 Å². The minimum absolute atomic E-state index is 0.234. The van der Waals surface area contributed by atoms with Crippen LogP contribution in [0, 0.1) is 5.82 Å². The summed E-state index contributed by atoms with van der Waals surface area (Å²) in [4.78, 5) is 16.1. The van der Waals surface area contributed by atoms with Crippen LogP contribution in [0.2, 0.25) is 0 Å². The molecule has 5 nitrogen and oxygen atoms in total. The van der Waals surface area contributed by atoms with Gasteiger partial charge >= 0.3 is 0 Å². The highest BCUT2D eigenvalue weighted by Crippen LogP contribution is 2.34. The third kappa shape index (κ3) is 4.58. The van der Waals surface area contributed by atoms with E-state index in [1.807, 2.05) is 18.2 Å². The summed E-state index contributed by atoms with van der Waals surface area (Å²) >= 11 is 3.51. The molecule has 2 heterocycles. The summed E-state index contributed by atoms with van der Waals surface area (Å²) in [6, 6.07) is 15.4. The molecule has 0 saturated carbocycles. The minimum Gasteiger partial charge on any atom is -0.459 e.